The predicted octanol–water partition coefficient (Wildman–Crippen LogP) is 2.85. The molecule has 0 spiro atoms. The number of aromatic nitrogens is 1. The summed E-state index contributed by atoms with van der Waals surface area (Å²) >= 11 is 3.47. The summed E-state index contributed by atoms with van der Waals surface area (Å²) in [5, 5.41) is 12.3. The second-order valence-electron chi connectivity index (χ2n) is 3.25. The molecular formula is C11H13NOS2. The third-order valence-electron chi connectivity index (χ3n) is 2.20. The minimum atomic E-state index is 0.0596. The smallest absolute Gasteiger partial charge is 0.0984 e. The highest BCUT2D eigenvalue weighted by Gasteiger charge is 2.09. The van der Waals surface area contributed by atoms with Crippen molar-refractivity contribution >= 4 is 22.7 Å². The zero-order chi connectivity index (χ0) is 10.7. The first-order valence-corrected chi connectivity index (χ1v) is 6.63. The van der Waals surface area contributed by atoms with E-state index in [1.54, 1.807) is 22.7 Å². The Morgan fingerprint density at radius 3 is 2.87 bits per heavy atom. The van der Waals surface area contributed by atoms with E-state index in [0.717, 1.165) is 23.5 Å². The molecule has 0 aliphatic rings. The van der Waals surface area contributed by atoms with Crippen LogP contribution in [-0.2, 0) is 19.4 Å². The van der Waals surface area contributed by atoms with Crippen molar-refractivity contribution in [3.63, 3.8) is 0 Å². The highest BCUT2D eigenvalue weighted by molar-refractivity contribution is 7.12. The summed E-state index contributed by atoms with van der Waals surface area (Å²) in [6.45, 7) is 2.16. The van der Waals surface area contributed by atoms with Gasteiger partial charge in [-0.2, -0.15) is 0 Å². The lowest BCUT2D eigenvalue weighted by Crippen LogP contribution is -1.89. The van der Waals surface area contributed by atoms with Gasteiger partial charge >= 0.3 is 0 Å². The summed E-state index contributed by atoms with van der Waals surface area (Å²) in [6.07, 6.45) is 1.85. The van der Waals surface area contributed by atoms with Gasteiger partial charge in [-0.15, -0.1) is 22.7 Å². The second-order valence-corrected chi connectivity index (χ2v) is 5.45. The molecule has 2 aromatic rings. The van der Waals surface area contributed by atoms with Crippen LogP contribution in [0.25, 0.3) is 0 Å². The Kier molecular flexibility index (Phi) is 3.51. The molecule has 0 unspecified atom stereocenters. The summed E-state index contributed by atoms with van der Waals surface area (Å²) in [5.41, 5.74) is 0.856. The molecule has 0 aliphatic carbocycles. The van der Waals surface area contributed by atoms with Crippen LogP contribution < -0.4 is 0 Å². The normalized spacial score (nSPS) is 10.8. The van der Waals surface area contributed by atoms with Gasteiger partial charge in [-0.25, -0.2) is 4.98 Å². The molecule has 0 aliphatic heterocycles. The number of aryl methyl sites for hydroxylation is 1. The van der Waals surface area contributed by atoms with E-state index >= 15 is 0 Å². The quantitative estimate of drug-likeness (QED) is 0.890. The third kappa shape index (κ3) is 2.45. The molecule has 2 aromatic heterocycles. The van der Waals surface area contributed by atoms with E-state index in [1.807, 2.05) is 0 Å². The van der Waals surface area contributed by atoms with Gasteiger partial charge in [0.1, 0.15) is 0 Å². The van der Waals surface area contributed by atoms with E-state index in [2.05, 4.69) is 29.4 Å². The first-order chi connectivity index (χ1) is 7.33. The molecule has 80 valence electrons. The molecule has 15 heavy (non-hydrogen) atoms. The van der Waals surface area contributed by atoms with Crippen LogP contribution in [0, 0.1) is 0 Å². The Hall–Kier alpha value is -0.710. The van der Waals surface area contributed by atoms with E-state index in [-0.39, 0.29) is 6.61 Å². The Morgan fingerprint density at radius 2 is 2.33 bits per heavy atom. The minimum absolute atomic E-state index is 0.0596. The van der Waals surface area contributed by atoms with Crippen LogP contribution in [0.15, 0.2) is 17.5 Å². The van der Waals surface area contributed by atoms with Crippen molar-refractivity contribution in [2.45, 2.75) is 26.4 Å². The van der Waals surface area contributed by atoms with Crippen molar-refractivity contribution in [2.75, 3.05) is 0 Å². The van der Waals surface area contributed by atoms with Gasteiger partial charge in [0.25, 0.3) is 0 Å². The van der Waals surface area contributed by atoms with Crippen molar-refractivity contribution in [1.29, 1.82) is 0 Å². The van der Waals surface area contributed by atoms with Gasteiger partial charge in [-0.05, 0) is 17.9 Å². The van der Waals surface area contributed by atoms with E-state index in [4.69, 9.17) is 5.11 Å². The fourth-order valence-electron chi connectivity index (χ4n) is 1.47. The summed E-state index contributed by atoms with van der Waals surface area (Å²) in [7, 11) is 0. The Morgan fingerprint density at radius 1 is 1.47 bits per heavy atom. The molecule has 0 saturated heterocycles. The molecule has 0 atom stereocenters. The van der Waals surface area contributed by atoms with Crippen LogP contribution in [-0.4, -0.2) is 10.1 Å². The molecule has 0 fully saturated rings. The number of hydrogen-bond acceptors (Lipinski definition) is 4. The number of aliphatic hydroxyl groups is 1. The molecule has 1 N–H and O–H groups in total. The van der Waals surface area contributed by atoms with Crippen molar-refractivity contribution in [3.05, 3.63) is 38.0 Å². The van der Waals surface area contributed by atoms with Gasteiger partial charge in [0, 0.05) is 16.2 Å². The lowest BCUT2D eigenvalue weighted by molar-refractivity contribution is 0.276. The largest absolute Gasteiger partial charge is 0.390 e. The van der Waals surface area contributed by atoms with Crippen LogP contribution in [0.4, 0.5) is 0 Å². The molecule has 4 heteroatoms. The Labute approximate surface area is 97.2 Å². The summed E-state index contributed by atoms with van der Waals surface area (Å²) in [4.78, 5) is 6.99. The van der Waals surface area contributed by atoms with Gasteiger partial charge in [0.15, 0.2) is 0 Å². The Bertz CT molecular complexity index is 398. The van der Waals surface area contributed by atoms with Crippen molar-refractivity contribution in [2.24, 2.45) is 0 Å². The molecule has 0 radical (unpaired) electrons. The SMILES string of the molecule is CCc1sc(Cc2cccs2)nc1CO. The summed E-state index contributed by atoms with van der Waals surface area (Å²) in [6, 6.07) is 4.18. The van der Waals surface area contributed by atoms with Gasteiger partial charge in [-0.3, -0.25) is 0 Å². The van der Waals surface area contributed by atoms with Crippen LogP contribution in [0.2, 0.25) is 0 Å². The van der Waals surface area contributed by atoms with Crippen molar-refractivity contribution in [1.82, 2.24) is 4.98 Å². The monoisotopic (exact) mass is 239 g/mol. The van der Waals surface area contributed by atoms with Crippen LogP contribution in [0.1, 0.15) is 27.4 Å². The van der Waals surface area contributed by atoms with Crippen LogP contribution in [0.5, 0.6) is 0 Å². The van der Waals surface area contributed by atoms with Crippen molar-refractivity contribution < 1.29 is 5.11 Å². The number of thiazole rings is 1. The molecule has 0 saturated carbocycles. The van der Waals surface area contributed by atoms with Gasteiger partial charge < -0.3 is 5.11 Å². The van der Waals surface area contributed by atoms with Crippen molar-refractivity contribution in [3.8, 4) is 0 Å². The van der Waals surface area contributed by atoms with Crippen LogP contribution >= 0.6 is 22.7 Å². The zero-order valence-electron chi connectivity index (χ0n) is 8.56. The zero-order valence-corrected chi connectivity index (χ0v) is 10.2. The molecule has 2 nitrogen and oxygen atoms in total. The Balaban J connectivity index is 2.19. The lowest BCUT2D eigenvalue weighted by atomic mass is 10.3. The molecule has 0 aromatic carbocycles. The number of nitrogens with zero attached hydrogens (tertiary/aromatic N) is 1. The third-order valence-corrected chi connectivity index (χ3v) is 4.32. The number of thiophene rings is 1. The van der Waals surface area contributed by atoms with E-state index in [1.165, 1.54) is 9.75 Å². The fourth-order valence-corrected chi connectivity index (χ4v) is 3.32. The van der Waals surface area contributed by atoms with Crippen LogP contribution in [0.3, 0.4) is 0 Å². The number of rotatable bonds is 4. The molecular weight excluding hydrogens is 226 g/mol. The predicted molar refractivity (Wildman–Crippen MR) is 64.5 cm³/mol. The molecule has 2 rings (SSSR count). The summed E-state index contributed by atoms with van der Waals surface area (Å²) < 4.78 is 0. The standard InChI is InChI=1S/C11H13NOS2/c1-2-10-9(7-13)12-11(15-10)6-8-4-3-5-14-8/h3-5,13H,2,6-7H2,1H3. The summed E-state index contributed by atoms with van der Waals surface area (Å²) in [5.74, 6) is 0. The topological polar surface area (TPSA) is 33.1 Å². The number of hydrogen-bond donors (Lipinski definition) is 1. The van der Waals surface area contributed by atoms with Gasteiger partial charge in [0.05, 0.1) is 17.3 Å². The van der Waals surface area contributed by atoms with Gasteiger partial charge in [-0.1, -0.05) is 13.0 Å². The average Bonchev–Trinajstić information content (AvgIpc) is 2.87. The fraction of sp³-hybridized carbons (Fsp3) is 0.364. The lowest BCUT2D eigenvalue weighted by Gasteiger charge is -1.90. The molecule has 2 heterocycles. The van der Waals surface area contributed by atoms with Gasteiger partial charge in [0.2, 0.25) is 0 Å². The van der Waals surface area contributed by atoms with E-state index < -0.39 is 0 Å². The van der Waals surface area contributed by atoms with E-state index in [9.17, 15) is 0 Å². The maximum Gasteiger partial charge on any atom is 0.0984 e. The average molecular weight is 239 g/mol. The highest BCUT2D eigenvalue weighted by Crippen LogP contribution is 2.23. The maximum atomic E-state index is 9.14. The highest BCUT2D eigenvalue weighted by atomic mass is 32.1. The first kappa shape index (κ1) is 10.8. The number of aliphatic hydroxyl groups excluding tert-OH is 1. The first-order valence-electron chi connectivity index (χ1n) is 4.94. The maximum absolute atomic E-state index is 9.14. The van der Waals surface area contributed by atoms with E-state index in [0.29, 0.717) is 0 Å². The molecule has 0 bridgehead atoms. The molecule has 0 amide bonds. The minimum Gasteiger partial charge on any atom is -0.390 e. The second kappa shape index (κ2) is 4.88.